The number of pyridine rings is 1. The minimum absolute atomic E-state index is 0.594. The van der Waals surface area contributed by atoms with Crippen LogP contribution in [0.5, 0.6) is 11.6 Å². The third-order valence-corrected chi connectivity index (χ3v) is 3.52. The van der Waals surface area contributed by atoms with Crippen LogP contribution in [0.15, 0.2) is 48.7 Å². The molecule has 5 nitrogen and oxygen atoms in total. The lowest BCUT2D eigenvalue weighted by Gasteiger charge is -2.22. The number of nitrogens with zero attached hydrogens (tertiary/aromatic N) is 3. The first kappa shape index (κ1) is 13.7. The quantitative estimate of drug-likeness (QED) is 0.809. The Bertz CT molecular complexity index is 589. The van der Waals surface area contributed by atoms with Gasteiger partial charge in [-0.05, 0) is 23.8 Å². The van der Waals surface area contributed by atoms with E-state index >= 15 is 0 Å². The van der Waals surface area contributed by atoms with Gasteiger partial charge >= 0.3 is 0 Å². The van der Waals surface area contributed by atoms with Gasteiger partial charge < -0.3 is 4.74 Å². The number of ether oxygens (including phenoxy) is 1. The monoisotopic (exact) mass is 284 g/mol. The normalized spacial score (nSPS) is 15.9. The molecule has 1 aliphatic rings. The lowest BCUT2D eigenvalue weighted by atomic mass is 10.2. The summed E-state index contributed by atoms with van der Waals surface area (Å²) in [6.45, 7) is 3.73. The summed E-state index contributed by atoms with van der Waals surface area (Å²) >= 11 is 0. The van der Waals surface area contributed by atoms with Crippen molar-refractivity contribution in [1.82, 2.24) is 9.88 Å². The van der Waals surface area contributed by atoms with Gasteiger partial charge in [-0.1, -0.05) is 18.2 Å². The van der Waals surface area contributed by atoms with Crippen molar-refractivity contribution in [3.63, 3.8) is 0 Å². The number of benzene rings is 1. The third kappa shape index (κ3) is 3.86. The lowest BCUT2D eigenvalue weighted by Crippen LogP contribution is -2.40. The second kappa shape index (κ2) is 6.45. The SMILES string of the molecule is O=[N+]1CCN(Cc2ccc(Oc3ccccn3)cc2)CC1. The van der Waals surface area contributed by atoms with Crippen molar-refractivity contribution >= 4 is 0 Å². The third-order valence-electron chi connectivity index (χ3n) is 3.52. The van der Waals surface area contributed by atoms with Gasteiger partial charge in [0.15, 0.2) is 0 Å². The van der Waals surface area contributed by atoms with Crippen molar-refractivity contribution in [3.05, 3.63) is 59.1 Å². The fraction of sp³-hybridized carbons (Fsp3) is 0.312. The standard InChI is InChI=1S/C16H18N3O2/c20-19-11-9-18(10-12-19)13-14-4-6-15(7-5-14)21-16-3-1-2-8-17-16/h1-8H,9-13H2/q+1. The van der Waals surface area contributed by atoms with E-state index in [2.05, 4.69) is 22.0 Å². The molecule has 0 aliphatic carbocycles. The summed E-state index contributed by atoms with van der Waals surface area (Å²) in [5, 5.41) is 0. The molecule has 0 amide bonds. The second-order valence-electron chi connectivity index (χ2n) is 5.12. The summed E-state index contributed by atoms with van der Waals surface area (Å²) in [6, 6.07) is 13.6. The molecule has 5 heteroatoms. The van der Waals surface area contributed by atoms with Crippen LogP contribution in [0.4, 0.5) is 0 Å². The van der Waals surface area contributed by atoms with Gasteiger partial charge in [-0.15, -0.1) is 0 Å². The second-order valence-corrected chi connectivity index (χ2v) is 5.12. The first-order valence-corrected chi connectivity index (χ1v) is 7.12. The number of piperazine rings is 1. The molecule has 0 unspecified atom stereocenters. The summed E-state index contributed by atoms with van der Waals surface area (Å²) < 4.78 is 6.79. The smallest absolute Gasteiger partial charge is 0.219 e. The molecule has 0 saturated carbocycles. The lowest BCUT2D eigenvalue weighted by molar-refractivity contribution is -0.560. The topological polar surface area (TPSA) is 45.4 Å². The van der Waals surface area contributed by atoms with Crippen LogP contribution >= 0.6 is 0 Å². The van der Waals surface area contributed by atoms with E-state index in [0.29, 0.717) is 19.0 Å². The molecule has 0 atom stereocenters. The molecule has 2 aromatic rings. The fourth-order valence-corrected chi connectivity index (χ4v) is 2.34. The van der Waals surface area contributed by atoms with Gasteiger partial charge in [-0.2, -0.15) is 0 Å². The van der Waals surface area contributed by atoms with Crippen LogP contribution in [0.2, 0.25) is 0 Å². The van der Waals surface area contributed by atoms with E-state index in [1.165, 1.54) is 5.56 Å². The van der Waals surface area contributed by atoms with E-state index in [1.807, 2.05) is 30.3 Å². The first-order valence-electron chi connectivity index (χ1n) is 7.12. The highest BCUT2D eigenvalue weighted by atomic mass is 16.5. The van der Waals surface area contributed by atoms with Crippen molar-refractivity contribution in [2.45, 2.75) is 6.54 Å². The van der Waals surface area contributed by atoms with Crippen LogP contribution in [0.1, 0.15) is 5.56 Å². The van der Waals surface area contributed by atoms with Gasteiger partial charge in [0.05, 0.1) is 13.1 Å². The number of rotatable bonds is 4. The van der Waals surface area contributed by atoms with Gasteiger partial charge in [0.25, 0.3) is 0 Å². The number of hydrogen-bond donors (Lipinski definition) is 0. The molecular weight excluding hydrogens is 266 g/mol. The molecule has 2 heterocycles. The Labute approximate surface area is 123 Å². The zero-order valence-electron chi connectivity index (χ0n) is 11.8. The van der Waals surface area contributed by atoms with Crippen LogP contribution in [0.25, 0.3) is 0 Å². The highest BCUT2D eigenvalue weighted by Gasteiger charge is 2.20. The Morgan fingerprint density at radius 3 is 2.52 bits per heavy atom. The predicted octanol–water partition coefficient (Wildman–Crippen LogP) is 2.47. The van der Waals surface area contributed by atoms with Crippen molar-refractivity contribution < 1.29 is 9.50 Å². The molecule has 1 fully saturated rings. The van der Waals surface area contributed by atoms with Crippen LogP contribution < -0.4 is 4.74 Å². The molecule has 0 bridgehead atoms. The summed E-state index contributed by atoms with van der Waals surface area (Å²) in [4.78, 5) is 17.6. The summed E-state index contributed by atoms with van der Waals surface area (Å²) in [5.74, 6) is 1.37. The highest BCUT2D eigenvalue weighted by molar-refractivity contribution is 5.30. The van der Waals surface area contributed by atoms with Crippen molar-refractivity contribution in [3.8, 4) is 11.6 Å². The van der Waals surface area contributed by atoms with Crippen LogP contribution in [-0.2, 0) is 6.54 Å². The Morgan fingerprint density at radius 1 is 1.10 bits per heavy atom. The number of hydrogen-bond acceptors (Lipinski definition) is 4. The summed E-state index contributed by atoms with van der Waals surface area (Å²) in [6.07, 6.45) is 1.71. The molecule has 1 aliphatic heterocycles. The van der Waals surface area contributed by atoms with Crippen molar-refractivity contribution in [2.24, 2.45) is 0 Å². The van der Waals surface area contributed by atoms with Crippen molar-refractivity contribution in [2.75, 3.05) is 26.2 Å². The minimum Gasteiger partial charge on any atom is -0.439 e. The van der Waals surface area contributed by atoms with Crippen LogP contribution in [0.3, 0.4) is 0 Å². The van der Waals surface area contributed by atoms with Crippen molar-refractivity contribution in [1.29, 1.82) is 0 Å². The van der Waals surface area contributed by atoms with Crippen LogP contribution in [-0.4, -0.2) is 40.8 Å². The van der Waals surface area contributed by atoms with Crippen LogP contribution in [0, 0.1) is 4.91 Å². The van der Waals surface area contributed by atoms with E-state index in [-0.39, 0.29) is 0 Å². The molecule has 0 N–H and O–H groups in total. The Morgan fingerprint density at radius 2 is 1.86 bits per heavy atom. The maximum absolute atomic E-state index is 11.1. The molecule has 3 rings (SSSR count). The largest absolute Gasteiger partial charge is 0.439 e. The van der Waals surface area contributed by atoms with E-state index in [4.69, 9.17) is 4.74 Å². The van der Waals surface area contributed by atoms with Gasteiger partial charge in [0.2, 0.25) is 19.0 Å². The average Bonchev–Trinajstić information content (AvgIpc) is 2.53. The van der Waals surface area contributed by atoms with E-state index in [1.54, 1.807) is 6.20 Å². The first-order chi connectivity index (χ1) is 10.3. The Kier molecular flexibility index (Phi) is 4.21. The van der Waals surface area contributed by atoms with Gasteiger partial charge in [-0.25, -0.2) is 4.98 Å². The van der Waals surface area contributed by atoms with E-state index in [9.17, 15) is 4.91 Å². The molecule has 108 valence electrons. The maximum Gasteiger partial charge on any atom is 0.219 e. The highest BCUT2D eigenvalue weighted by Crippen LogP contribution is 2.19. The molecule has 0 spiro atoms. The van der Waals surface area contributed by atoms with Gasteiger partial charge in [-0.3, -0.25) is 4.90 Å². The van der Waals surface area contributed by atoms with Gasteiger partial charge in [0.1, 0.15) is 5.75 Å². The number of aromatic nitrogens is 1. The zero-order chi connectivity index (χ0) is 14.5. The zero-order valence-corrected chi connectivity index (χ0v) is 11.8. The summed E-state index contributed by atoms with van der Waals surface area (Å²) in [5.41, 5.74) is 1.22. The van der Waals surface area contributed by atoms with Gasteiger partial charge in [0, 0.05) is 28.5 Å². The average molecular weight is 284 g/mol. The molecular formula is C16H18N3O2+. The van der Waals surface area contributed by atoms with E-state index < -0.39 is 0 Å². The van der Waals surface area contributed by atoms with E-state index in [0.717, 1.165) is 30.1 Å². The summed E-state index contributed by atoms with van der Waals surface area (Å²) in [7, 11) is 0. The molecule has 0 radical (unpaired) electrons. The molecule has 1 aromatic carbocycles. The Hall–Kier alpha value is -2.27. The predicted molar refractivity (Wildman–Crippen MR) is 79.4 cm³/mol. The molecule has 1 aromatic heterocycles. The molecule has 1 saturated heterocycles. The maximum atomic E-state index is 11.1. The minimum atomic E-state index is 0.594. The fourth-order valence-electron chi connectivity index (χ4n) is 2.34. The number of nitroso groups, excluding NO2 is 1. The molecule has 21 heavy (non-hydrogen) atoms. The Balaban J connectivity index is 1.58.